The van der Waals surface area contributed by atoms with Crippen LogP contribution in [0.15, 0.2) is 60.7 Å². The Labute approximate surface area is 152 Å². The second-order valence-electron chi connectivity index (χ2n) is 5.86. The molecule has 0 saturated heterocycles. The molecule has 2 N–H and O–H groups in total. The zero-order valence-corrected chi connectivity index (χ0v) is 14.8. The summed E-state index contributed by atoms with van der Waals surface area (Å²) in [7, 11) is 1.40. The van der Waals surface area contributed by atoms with E-state index in [-0.39, 0.29) is 12.3 Å². The molecule has 0 spiro atoms. The maximum Gasteiger partial charge on any atom is 0.321 e. The predicted molar refractivity (Wildman–Crippen MR) is 97.3 cm³/mol. The van der Waals surface area contributed by atoms with E-state index >= 15 is 0 Å². The van der Waals surface area contributed by atoms with Crippen molar-refractivity contribution in [2.45, 2.75) is 25.4 Å². The molecule has 0 aliphatic rings. The molecule has 26 heavy (non-hydrogen) atoms. The van der Waals surface area contributed by atoms with Crippen LogP contribution in [-0.2, 0) is 14.3 Å². The summed E-state index contributed by atoms with van der Waals surface area (Å²) >= 11 is 0. The Kier molecular flexibility index (Phi) is 6.91. The molecule has 0 saturated carbocycles. The molecule has 6 nitrogen and oxygen atoms in total. The van der Waals surface area contributed by atoms with Gasteiger partial charge < -0.3 is 10.1 Å². The zero-order chi connectivity index (χ0) is 18.9. The van der Waals surface area contributed by atoms with E-state index in [1.165, 1.54) is 7.05 Å². The van der Waals surface area contributed by atoms with Gasteiger partial charge in [-0.15, -0.1) is 0 Å². The lowest BCUT2D eigenvalue weighted by molar-refractivity contribution is -0.156. The highest BCUT2D eigenvalue weighted by atomic mass is 16.5. The maximum absolute atomic E-state index is 12.4. The summed E-state index contributed by atoms with van der Waals surface area (Å²) in [6.07, 6.45) is -1.07. The van der Waals surface area contributed by atoms with Gasteiger partial charge in [0.15, 0.2) is 0 Å². The topological polar surface area (TPSA) is 84.5 Å². The molecule has 136 valence electrons. The normalized spacial score (nSPS) is 12.5. The van der Waals surface area contributed by atoms with Gasteiger partial charge in [0.05, 0.1) is 6.42 Å². The third-order valence-corrected chi connectivity index (χ3v) is 3.90. The number of urea groups is 1. The second kappa shape index (κ2) is 9.36. The van der Waals surface area contributed by atoms with Gasteiger partial charge in [-0.3, -0.25) is 14.9 Å². The van der Waals surface area contributed by atoms with Crippen LogP contribution in [0.1, 0.15) is 36.5 Å². The highest BCUT2D eigenvalue weighted by Gasteiger charge is 2.27. The van der Waals surface area contributed by atoms with Crippen LogP contribution in [0.25, 0.3) is 0 Å². The molecule has 0 bridgehead atoms. The van der Waals surface area contributed by atoms with Crippen molar-refractivity contribution in [2.75, 3.05) is 7.05 Å². The average molecular weight is 354 g/mol. The summed E-state index contributed by atoms with van der Waals surface area (Å²) in [4.78, 5) is 36.1. The van der Waals surface area contributed by atoms with Crippen LogP contribution in [0.5, 0.6) is 0 Å². The SMILES string of the molecule is CNC(=O)NC(=O)[C@@H](OC(=O)C[C@H](C)c1ccccc1)c1ccccc1. The summed E-state index contributed by atoms with van der Waals surface area (Å²) < 4.78 is 5.40. The molecule has 0 unspecified atom stereocenters. The molecule has 2 rings (SSSR count). The maximum atomic E-state index is 12.4. The first-order chi connectivity index (χ1) is 12.5. The van der Waals surface area contributed by atoms with Gasteiger partial charge in [0.25, 0.3) is 5.91 Å². The fourth-order valence-electron chi connectivity index (χ4n) is 2.47. The standard InChI is InChI=1S/C20H22N2O4/c1-14(15-9-5-3-6-10-15)13-17(23)26-18(16-11-7-4-8-12-16)19(24)22-20(25)21-2/h3-12,14,18H,13H2,1-2H3,(H2,21,22,24,25)/t14-,18-/m0/s1. The third-order valence-electron chi connectivity index (χ3n) is 3.90. The molecule has 0 aromatic heterocycles. The van der Waals surface area contributed by atoms with Gasteiger partial charge in [-0.2, -0.15) is 0 Å². The molecule has 3 amide bonds. The molecule has 0 radical (unpaired) electrons. The number of carbonyl (C=O) groups excluding carboxylic acids is 3. The van der Waals surface area contributed by atoms with Gasteiger partial charge in [0.2, 0.25) is 6.10 Å². The minimum Gasteiger partial charge on any atom is -0.447 e. The van der Waals surface area contributed by atoms with Crippen molar-refractivity contribution in [2.24, 2.45) is 0 Å². The van der Waals surface area contributed by atoms with Gasteiger partial charge in [0, 0.05) is 12.6 Å². The van der Waals surface area contributed by atoms with Crippen LogP contribution in [0.4, 0.5) is 4.79 Å². The van der Waals surface area contributed by atoms with Crippen LogP contribution >= 0.6 is 0 Å². The van der Waals surface area contributed by atoms with Crippen molar-refractivity contribution in [3.05, 3.63) is 71.8 Å². The number of rotatable bonds is 6. The number of carbonyl (C=O) groups is 3. The van der Waals surface area contributed by atoms with Crippen LogP contribution < -0.4 is 10.6 Å². The number of amides is 3. The van der Waals surface area contributed by atoms with E-state index in [1.807, 2.05) is 37.3 Å². The Hall–Kier alpha value is -3.15. The summed E-state index contributed by atoms with van der Waals surface area (Å²) in [6.45, 7) is 1.92. The van der Waals surface area contributed by atoms with Gasteiger partial charge in [0.1, 0.15) is 0 Å². The van der Waals surface area contributed by atoms with Gasteiger partial charge in [-0.1, -0.05) is 67.6 Å². The quantitative estimate of drug-likeness (QED) is 0.781. The Bertz CT molecular complexity index is 747. The zero-order valence-electron chi connectivity index (χ0n) is 14.8. The van der Waals surface area contributed by atoms with Crippen molar-refractivity contribution in [3.63, 3.8) is 0 Å². The van der Waals surface area contributed by atoms with E-state index < -0.39 is 24.0 Å². The first-order valence-electron chi connectivity index (χ1n) is 8.33. The molecule has 2 atom stereocenters. The van der Waals surface area contributed by atoms with Crippen molar-refractivity contribution in [1.82, 2.24) is 10.6 Å². The van der Waals surface area contributed by atoms with E-state index in [2.05, 4.69) is 10.6 Å². The minimum atomic E-state index is -1.19. The second-order valence-corrected chi connectivity index (χ2v) is 5.86. The number of hydrogen-bond donors (Lipinski definition) is 2. The first-order valence-corrected chi connectivity index (χ1v) is 8.33. The Morgan fingerprint density at radius 3 is 2.00 bits per heavy atom. The molecule has 0 fully saturated rings. The fraction of sp³-hybridized carbons (Fsp3) is 0.250. The Balaban J connectivity index is 2.09. The monoisotopic (exact) mass is 354 g/mol. The molecule has 2 aromatic carbocycles. The molecule has 0 aliphatic heterocycles. The molecular weight excluding hydrogens is 332 g/mol. The number of esters is 1. The predicted octanol–water partition coefficient (Wildman–Crippen LogP) is 2.92. The molecule has 2 aromatic rings. The lowest BCUT2D eigenvalue weighted by Crippen LogP contribution is -2.41. The van der Waals surface area contributed by atoms with Crippen molar-refractivity contribution < 1.29 is 19.1 Å². The smallest absolute Gasteiger partial charge is 0.321 e. The van der Waals surface area contributed by atoms with Gasteiger partial charge in [-0.05, 0) is 11.5 Å². The van der Waals surface area contributed by atoms with Crippen LogP contribution in [0.3, 0.4) is 0 Å². The Morgan fingerprint density at radius 1 is 0.923 bits per heavy atom. The molecule has 6 heteroatoms. The Morgan fingerprint density at radius 2 is 1.46 bits per heavy atom. The third kappa shape index (κ3) is 5.44. The summed E-state index contributed by atoms with van der Waals surface area (Å²) in [5.41, 5.74) is 1.50. The summed E-state index contributed by atoms with van der Waals surface area (Å²) in [5, 5.41) is 4.45. The first kappa shape index (κ1) is 19.2. The fourth-order valence-corrected chi connectivity index (χ4v) is 2.47. The lowest BCUT2D eigenvalue weighted by atomic mass is 9.98. The van der Waals surface area contributed by atoms with E-state index in [9.17, 15) is 14.4 Å². The number of hydrogen-bond acceptors (Lipinski definition) is 4. The van der Waals surface area contributed by atoms with Crippen molar-refractivity contribution >= 4 is 17.9 Å². The average Bonchev–Trinajstić information content (AvgIpc) is 2.67. The molecule has 0 heterocycles. The van der Waals surface area contributed by atoms with Crippen molar-refractivity contribution in [3.8, 4) is 0 Å². The van der Waals surface area contributed by atoms with E-state index in [1.54, 1.807) is 30.3 Å². The molecular formula is C20H22N2O4. The largest absolute Gasteiger partial charge is 0.447 e. The highest BCUT2D eigenvalue weighted by Crippen LogP contribution is 2.23. The van der Waals surface area contributed by atoms with E-state index in [0.29, 0.717) is 5.56 Å². The highest BCUT2D eigenvalue weighted by molar-refractivity contribution is 5.97. The number of benzene rings is 2. The number of ether oxygens (including phenoxy) is 1. The van der Waals surface area contributed by atoms with Crippen molar-refractivity contribution in [1.29, 1.82) is 0 Å². The summed E-state index contributed by atoms with van der Waals surface area (Å²) in [5.74, 6) is -1.26. The van der Waals surface area contributed by atoms with Gasteiger partial charge >= 0.3 is 12.0 Å². The molecule has 0 aliphatic carbocycles. The van der Waals surface area contributed by atoms with E-state index in [4.69, 9.17) is 4.74 Å². The van der Waals surface area contributed by atoms with Gasteiger partial charge in [-0.25, -0.2) is 4.79 Å². The van der Waals surface area contributed by atoms with E-state index in [0.717, 1.165) is 5.56 Å². The summed E-state index contributed by atoms with van der Waals surface area (Å²) in [6, 6.07) is 17.5. The number of imide groups is 1. The lowest BCUT2D eigenvalue weighted by Gasteiger charge is -2.19. The van der Waals surface area contributed by atoms with Crippen LogP contribution in [0.2, 0.25) is 0 Å². The number of nitrogens with one attached hydrogen (secondary N) is 2. The minimum absolute atomic E-state index is 0.0536. The van der Waals surface area contributed by atoms with Crippen LogP contribution in [-0.4, -0.2) is 25.0 Å². The van der Waals surface area contributed by atoms with Crippen LogP contribution in [0, 0.1) is 0 Å².